The summed E-state index contributed by atoms with van der Waals surface area (Å²) in [6.45, 7) is 4.03. The van der Waals surface area contributed by atoms with E-state index in [-0.39, 0.29) is 17.8 Å². The molecule has 1 amide bonds. The molecule has 0 aliphatic heterocycles. The lowest BCUT2D eigenvalue weighted by Crippen LogP contribution is -2.12. The number of phenols is 1. The van der Waals surface area contributed by atoms with Gasteiger partial charge in [-0.1, -0.05) is 31.0 Å². The lowest BCUT2D eigenvalue weighted by Gasteiger charge is -2.09. The number of hydrogen-bond donors (Lipinski definition) is 2. The molecule has 0 bridgehead atoms. The maximum atomic E-state index is 12.2. The molecule has 0 atom stereocenters. The number of rotatable bonds is 4. The van der Waals surface area contributed by atoms with Gasteiger partial charge in [0, 0.05) is 17.3 Å². The van der Waals surface area contributed by atoms with Crippen molar-refractivity contribution in [2.45, 2.75) is 26.7 Å². The fourth-order valence-corrected chi connectivity index (χ4v) is 2.17. The van der Waals surface area contributed by atoms with Crippen LogP contribution in [0.25, 0.3) is 0 Å². The summed E-state index contributed by atoms with van der Waals surface area (Å²) in [5.41, 5.74) is 3.30. The Kier molecular flexibility index (Phi) is 7.24. The number of phenolic OH excluding ortho intramolecular Hbond substituents is 1. The van der Waals surface area contributed by atoms with Crippen LogP contribution in [0.5, 0.6) is 5.75 Å². The number of amides is 1. The number of carbonyl (C=O) groups is 1. The summed E-state index contributed by atoms with van der Waals surface area (Å²) in [5.74, 6) is 0.0113. The average molecular weight is 313 g/mol. The van der Waals surface area contributed by atoms with E-state index >= 15 is 0 Å². The quantitative estimate of drug-likeness (QED) is 0.907. The molecule has 0 heterocycles. The largest absolute Gasteiger partial charge is 0.508 e. The fraction of sp³-hybridized carbons (Fsp3) is 0.222. The molecule has 0 spiro atoms. The molecule has 0 unspecified atom stereocenters. The van der Waals surface area contributed by atoms with Crippen LogP contribution in [-0.2, 0) is 16.0 Å². The lowest BCUT2D eigenvalue weighted by atomic mass is 10.1. The lowest BCUT2D eigenvalue weighted by molar-refractivity contribution is -0.191. The normalized spacial score (nSPS) is 9.30. The molecule has 0 aliphatic rings. The molecule has 0 fully saturated rings. The van der Waals surface area contributed by atoms with Gasteiger partial charge < -0.3 is 10.4 Å². The number of nitrogens with one attached hydrogen (secondary N) is 1. The van der Waals surface area contributed by atoms with Gasteiger partial charge in [0.05, 0.1) is 0 Å². The van der Waals surface area contributed by atoms with Gasteiger partial charge in [-0.2, -0.15) is 9.59 Å². The first kappa shape index (κ1) is 18.1. The average Bonchev–Trinajstić information content (AvgIpc) is 2.47. The molecule has 23 heavy (non-hydrogen) atoms. The van der Waals surface area contributed by atoms with Crippen molar-refractivity contribution in [1.29, 1.82) is 0 Å². The molecule has 0 saturated heterocycles. The molecule has 5 heteroatoms. The van der Waals surface area contributed by atoms with Gasteiger partial charge in [-0.25, -0.2) is 0 Å². The number of hydrogen-bond acceptors (Lipinski definition) is 4. The monoisotopic (exact) mass is 313 g/mol. The van der Waals surface area contributed by atoms with Crippen LogP contribution in [0.1, 0.15) is 34.8 Å². The van der Waals surface area contributed by atoms with Gasteiger partial charge in [-0.05, 0) is 43.2 Å². The van der Waals surface area contributed by atoms with Crippen molar-refractivity contribution in [2.75, 3.05) is 5.32 Å². The Hall–Kier alpha value is -2.91. The molecular formula is C18H19NO4. The van der Waals surface area contributed by atoms with E-state index in [1.165, 1.54) is 0 Å². The highest BCUT2D eigenvalue weighted by atomic mass is 16.3. The van der Waals surface area contributed by atoms with Gasteiger partial charge >= 0.3 is 6.15 Å². The van der Waals surface area contributed by atoms with Crippen LogP contribution in [-0.4, -0.2) is 17.2 Å². The number of aryl methyl sites for hydroxylation is 2. The van der Waals surface area contributed by atoms with Crippen LogP contribution in [0.2, 0.25) is 0 Å². The molecule has 5 nitrogen and oxygen atoms in total. The fourth-order valence-electron chi connectivity index (χ4n) is 2.17. The topological polar surface area (TPSA) is 83.5 Å². The van der Waals surface area contributed by atoms with Gasteiger partial charge in [0.25, 0.3) is 5.91 Å². The molecule has 120 valence electrons. The minimum Gasteiger partial charge on any atom is -0.508 e. The zero-order valence-corrected chi connectivity index (χ0v) is 13.1. The van der Waals surface area contributed by atoms with E-state index in [0.717, 1.165) is 24.0 Å². The molecule has 0 aromatic heterocycles. The van der Waals surface area contributed by atoms with Crippen LogP contribution in [0.15, 0.2) is 42.5 Å². The molecule has 0 aliphatic carbocycles. The highest BCUT2D eigenvalue weighted by Gasteiger charge is 2.07. The van der Waals surface area contributed by atoms with Crippen molar-refractivity contribution in [3.63, 3.8) is 0 Å². The first-order chi connectivity index (χ1) is 11.0. The number of aromatic hydroxyl groups is 1. The van der Waals surface area contributed by atoms with E-state index in [1.807, 2.05) is 31.2 Å². The summed E-state index contributed by atoms with van der Waals surface area (Å²) < 4.78 is 0. The van der Waals surface area contributed by atoms with Crippen molar-refractivity contribution in [3.8, 4) is 5.75 Å². The van der Waals surface area contributed by atoms with Crippen LogP contribution < -0.4 is 5.32 Å². The van der Waals surface area contributed by atoms with Crippen molar-refractivity contribution in [3.05, 3.63) is 59.2 Å². The van der Waals surface area contributed by atoms with Crippen LogP contribution in [0, 0.1) is 6.92 Å². The predicted molar refractivity (Wildman–Crippen MR) is 86.2 cm³/mol. The van der Waals surface area contributed by atoms with Gasteiger partial charge in [0.2, 0.25) is 0 Å². The first-order valence-electron chi connectivity index (χ1n) is 7.20. The number of anilines is 1. The van der Waals surface area contributed by atoms with Gasteiger partial charge in [-0.3, -0.25) is 4.79 Å². The van der Waals surface area contributed by atoms with E-state index in [4.69, 9.17) is 9.59 Å². The molecule has 2 aromatic carbocycles. The summed E-state index contributed by atoms with van der Waals surface area (Å²) in [6.07, 6.45) is 2.12. The maximum absolute atomic E-state index is 12.2. The second-order valence-corrected chi connectivity index (χ2v) is 5.05. The second kappa shape index (κ2) is 9.18. The summed E-state index contributed by atoms with van der Waals surface area (Å²) in [5, 5.41) is 12.5. The molecule has 2 N–H and O–H groups in total. The first-order valence-corrected chi connectivity index (χ1v) is 7.20. The number of carbonyl (C=O) groups excluding carboxylic acids is 3. The molecular weight excluding hydrogens is 294 g/mol. The standard InChI is InChI=1S/C17H19NO2.CO2/c1-3-5-13-9-15(11-16(19)10-13)18-17(20)14-7-4-6-12(2)8-14;2-1-3/h4,6-11,19H,3,5H2,1-2H3,(H,18,20);. The van der Waals surface area contributed by atoms with E-state index in [1.54, 1.807) is 18.2 Å². The zero-order valence-electron chi connectivity index (χ0n) is 13.1. The minimum atomic E-state index is -0.165. The SMILES string of the molecule is CCCc1cc(O)cc(NC(=O)c2cccc(C)c2)c1.O=C=O. The summed E-state index contributed by atoms with van der Waals surface area (Å²) in [6, 6.07) is 12.6. The van der Waals surface area contributed by atoms with Crippen molar-refractivity contribution in [1.82, 2.24) is 0 Å². The van der Waals surface area contributed by atoms with Crippen LogP contribution in [0.3, 0.4) is 0 Å². The second-order valence-electron chi connectivity index (χ2n) is 5.05. The highest BCUT2D eigenvalue weighted by molar-refractivity contribution is 6.04. The van der Waals surface area contributed by atoms with E-state index in [0.29, 0.717) is 11.3 Å². The summed E-state index contributed by atoms with van der Waals surface area (Å²) in [4.78, 5) is 28.4. The Balaban J connectivity index is 0.000000816. The molecule has 0 radical (unpaired) electrons. The van der Waals surface area contributed by atoms with E-state index in [2.05, 4.69) is 12.2 Å². The summed E-state index contributed by atoms with van der Waals surface area (Å²) >= 11 is 0. The van der Waals surface area contributed by atoms with Crippen molar-refractivity contribution in [2.24, 2.45) is 0 Å². The minimum absolute atomic E-state index is 0.165. The van der Waals surface area contributed by atoms with Gasteiger partial charge in [0.15, 0.2) is 0 Å². The highest BCUT2D eigenvalue weighted by Crippen LogP contribution is 2.21. The Labute approximate surface area is 135 Å². The summed E-state index contributed by atoms with van der Waals surface area (Å²) in [7, 11) is 0. The Bertz CT molecular complexity index is 704. The third-order valence-electron chi connectivity index (χ3n) is 3.05. The van der Waals surface area contributed by atoms with Crippen molar-refractivity contribution < 1.29 is 19.5 Å². The van der Waals surface area contributed by atoms with Crippen LogP contribution in [0.4, 0.5) is 5.69 Å². The third-order valence-corrected chi connectivity index (χ3v) is 3.05. The Morgan fingerprint density at radius 1 is 1.17 bits per heavy atom. The maximum Gasteiger partial charge on any atom is 0.373 e. The molecule has 2 rings (SSSR count). The molecule has 2 aromatic rings. The van der Waals surface area contributed by atoms with E-state index in [9.17, 15) is 9.90 Å². The zero-order chi connectivity index (χ0) is 17.2. The van der Waals surface area contributed by atoms with Gasteiger partial charge in [-0.15, -0.1) is 0 Å². The van der Waals surface area contributed by atoms with Crippen LogP contribution >= 0.6 is 0 Å². The Morgan fingerprint density at radius 3 is 2.48 bits per heavy atom. The van der Waals surface area contributed by atoms with E-state index < -0.39 is 0 Å². The van der Waals surface area contributed by atoms with Crippen molar-refractivity contribution >= 4 is 17.7 Å². The smallest absolute Gasteiger partial charge is 0.373 e. The third kappa shape index (κ3) is 6.16. The Morgan fingerprint density at radius 2 is 1.87 bits per heavy atom. The van der Waals surface area contributed by atoms with Gasteiger partial charge in [0.1, 0.15) is 5.75 Å². The predicted octanol–water partition coefficient (Wildman–Crippen LogP) is 3.32. The number of benzene rings is 2. The molecule has 0 saturated carbocycles.